The molecule has 12 nitrogen and oxygen atoms in total. The zero-order valence-corrected chi connectivity index (χ0v) is 26.1. The summed E-state index contributed by atoms with van der Waals surface area (Å²) in [5.41, 5.74) is 0.539. The van der Waals surface area contributed by atoms with Crippen molar-refractivity contribution in [3.8, 4) is 0 Å². The number of H-pyrrole nitrogens is 1. The number of fused-ring (bicyclic) bond motifs is 1. The Kier molecular flexibility index (Phi) is 8.35. The molecule has 1 aliphatic carbocycles. The van der Waals surface area contributed by atoms with Gasteiger partial charge in [0, 0.05) is 40.7 Å². The fourth-order valence-electron chi connectivity index (χ4n) is 5.66. The lowest BCUT2D eigenvalue weighted by Gasteiger charge is -2.30. The Morgan fingerprint density at radius 3 is 2.19 bits per heavy atom. The molecular formula is C27H29Cl2N7O5S2. The quantitative estimate of drug-likeness (QED) is 0.288. The van der Waals surface area contributed by atoms with E-state index in [4.69, 9.17) is 23.2 Å². The number of aromatic nitrogens is 5. The second kappa shape index (κ2) is 11.9. The number of sulfonamides is 2. The summed E-state index contributed by atoms with van der Waals surface area (Å²) in [4.78, 5) is 20.3. The first-order valence-corrected chi connectivity index (χ1v) is 17.6. The maximum absolute atomic E-state index is 13.4. The van der Waals surface area contributed by atoms with Crippen molar-refractivity contribution in [2.75, 3.05) is 13.1 Å². The van der Waals surface area contributed by atoms with Crippen molar-refractivity contribution in [3.05, 3.63) is 74.3 Å². The van der Waals surface area contributed by atoms with Gasteiger partial charge in [-0.2, -0.15) is 4.31 Å². The first-order chi connectivity index (χ1) is 20.5. The molecule has 2 aromatic heterocycles. The average Bonchev–Trinajstić information content (AvgIpc) is 3.65. The van der Waals surface area contributed by atoms with Gasteiger partial charge in [0.15, 0.2) is 11.2 Å². The summed E-state index contributed by atoms with van der Waals surface area (Å²) >= 11 is 12.6. The Hall–Kier alpha value is -2.88. The Morgan fingerprint density at radius 1 is 0.907 bits per heavy atom. The predicted octanol–water partition coefficient (Wildman–Crippen LogP) is 3.66. The van der Waals surface area contributed by atoms with Gasteiger partial charge >= 0.3 is 0 Å². The van der Waals surface area contributed by atoms with Crippen LogP contribution in [-0.2, 0) is 26.6 Å². The number of rotatable bonds is 8. The van der Waals surface area contributed by atoms with Crippen molar-refractivity contribution in [2.45, 2.75) is 66.8 Å². The monoisotopic (exact) mass is 665 g/mol. The van der Waals surface area contributed by atoms with Gasteiger partial charge in [0.2, 0.25) is 20.0 Å². The number of halogens is 2. The minimum atomic E-state index is -3.86. The van der Waals surface area contributed by atoms with Crippen molar-refractivity contribution in [1.29, 1.82) is 0 Å². The second-order valence-corrected chi connectivity index (χ2v) is 15.3. The standard InChI is InChI=1S/C27H29Cl2N7O5S2/c28-22-6-3-7-23(29)21(22)16-36-26-24(32-34-36)27(37)31-25(30-26)17-12-14-35(15-13-17)43(40,41)20-10-8-19(9-11-20)42(38,39)33-18-4-1-2-5-18/h3,6-11,17-18,33H,1-2,4-5,12-16H2,(H,30,31,37). The van der Waals surface area contributed by atoms with Crippen molar-refractivity contribution in [2.24, 2.45) is 0 Å². The van der Waals surface area contributed by atoms with Gasteiger partial charge in [-0.3, -0.25) is 4.79 Å². The maximum Gasteiger partial charge on any atom is 0.281 e. The Bertz CT molecular complexity index is 1910. The second-order valence-electron chi connectivity index (χ2n) is 10.8. The zero-order chi connectivity index (χ0) is 30.4. The highest BCUT2D eigenvalue weighted by Gasteiger charge is 2.32. The third-order valence-electron chi connectivity index (χ3n) is 8.05. The predicted molar refractivity (Wildman–Crippen MR) is 161 cm³/mol. The Labute approximate surface area is 258 Å². The highest BCUT2D eigenvalue weighted by Crippen LogP contribution is 2.30. The van der Waals surface area contributed by atoms with E-state index in [9.17, 15) is 21.6 Å². The molecular weight excluding hydrogens is 637 g/mol. The molecule has 2 fully saturated rings. The smallest absolute Gasteiger partial charge is 0.281 e. The van der Waals surface area contributed by atoms with Crippen molar-refractivity contribution in [3.63, 3.8) is 0 Å². The Morgan fingerprint density at radius 2 is 1.53 bits per heavy atom. The number of hydrogen-bond acceptors (Lipinski definition) is 8. The fraction of sp³-hybridized carbons (Fsp3) is 0.407. The van der Waals surface area contributed by atoms with E-state index in [1.54, 1.807) is 18.2 Å². The number of benzene rings is 2. The molecule has 3 heterocycles. The lowest BCUT2D eigenvalue weighted by atomic mass is 9.97. The van der Waals surface area contributed by atoms with Gasteiger partial charge in [-0.05, 0) is 62.1 Å². The molecule has 0 bridgehead atoms. The molecule has 16 heteroatoms. The molecule has 4 aromatic rings. The highest BCUT2D eigenvalue weighted by atomic mass is 35.5. The first kappa shape index (κ1) is 30.2. The highest BCUT2D eigenvalue weighted by molar-refractivity contribution is 7.89. The third kappa shape index (κ3) is 6.08. The number of nitrogens with zero attached hydrogens (tertiary/aromatic N) is 5. The average molecular weight is 667 g/mol. The van der Waals surface area contributed by atoms with E-state index in [0.717, 1.165) is 25.7 Å². The largest absolute Gasteiger partial charge is 0.308 e. The normalized spacial score (nSPS) is 17.6. The van der Waals surface area contributed by atoms with E-state index in [2.05, 4.69) is 25.0 Å². The molecule has 1 aliphatic heterocycles. The minimum absolute atomic E-state index is 0.0203. The summed E-state index contributed by atoms with van der Waals surface area (Å²) in [7, 11) is -7.59. The van der Waals surface area contributed by atoms with Gasteiger partial charge in [-0.25, -0.2) is 31.2 Å². The summed E-state index contributed by atoms with van der Waals surface area (Å²) in [6, 6.07) is 10.4. The summed E-state index contributed by atoms with van der Waals surface area (Å²) in [5.74, 6) is 0.220. The van der Waals surface area contributed by atoms with E-state index in [1.807, 2.05) is 0 Å². The minimum Gasteiger partial charge on any atom is -0.308 e. The molecule has 6 rings (SSSR count). The van der Waals surface area contributed by atoms with Crippen LogP contribution in [0.2, 0.25) is 10.0 Å². The van der Waals surface area contributed by atoms with Crippen molar-refractivity contribution < 1.29 is 16.8 Å². The molecule has 2 aliphatic rings. The van der Waals surface area contributed by atoms with Crippen LogP contribution in [-0.4, -0.2) is 65.2 Å². The van der Waals surface area contributed by atoms with Crippen LogP contribution in [0.25, 0.3) is 11.2 Å². The van der Waals surface area contributed by atoms with E-state index < -0.39 is 25.6 Å². The molecule has 0 unspecified atom stereocenters. The molecule has 0 radical (unpaired) electrons. The summed E-state index contributed by atoms with van der Waals surface area (Å²) < 4.78 is 57.8. The number of aromatic amines is 1. The van der Waals surface area contributed by atoms with Crippen LogP contribution in [0.4, 0.5) is 0 Å². The van der Waals surface area contributed by atoms with Gasteiger partial charge in [-0.1, -0.05) is 47.3 Å². The molecule has 0 spiro atoms. The lowest BCUT2D eigenvalue weighted by molar-refractivity contribution is 0.313. The summed E-state index contributed by atoms with van der Waals surface area (Å²) in [6.45, 7) is 0.563. The van der Waals surface area contributed by atoms with Gasteiger partial charge < -0.3 is 4.98 Å². The molecule has 0 amide bonds. The van der Waals surface area contributed by atoms with Crippen LogP contribution in [0, 0.1) is 0 Å². The van der Waals surface area contributed by atoms with Crippen molar-refractivity contribution in [1.82, 2.24) is 34.0 Å². The summed E-state index contributed by atoms with van der Waals surface area (Å²) in [5, 5.41) is 8.96. The molecule has 2 aromatic carbocycles. The van der Waals surface area contributed by atoms with Gasteiger partial charge in [0.05, 0.1) is 16.3 Å². The first-order valence-electron chi connectivity index (χ1n) is 13.9. The third-order valence-corrected chi connectivity index (χ3v) is 12.2. The molecule has 2 N–H and O–H groups in total. The van der Waals surface area contributed by atoms with Crippen LogP contribution in [0.5, 0.6) is 0 Å². The molecule has 1 saturated heterocycles. The number of piperidine rings is 1. The zero-order valence-electron chi connectivity index (χ0n) is 22.9. The van der Waals surface area contributed by atoms with E-state index in [1.165, 1.54) is 33.3 Å². The van der Waals surface area contributed by atoms with Crippen LogP contribution >= 0.6 is 23.2 Å². The molecule has 0 atom stereocenters. The van der Waals surface area contributed by atoms with Gasteiger partial charge in [-0.15, -0.1) is 5.10 Å². The number of hydrogen-bond donors (Lipinski definition) is 2. The SMILES string of the molecule is O=c1[nH]c(C2CCN(S(=O)(=O)c3ccc(S(=O)(=O)NC4CCCC4)cc3)CC2)nc2c1nnn2Cc1c(Cl)cccc1Cl. The van der Waals surface area contributed by atoms with Crippen LogP contribution in [0.15, 0.2) is 57.1 Å². The summed E-state index contributed by atoms with van der Waals surface area (Å²) in [6.07, 6.45) is 4.42. The van der Waals surface area contributed by atoms with Crippen molar-refractivity contribution >= 4 is 54.4 Å². The maximum atomic E-state index is 13.4. The fourth-order valence-corrected chi connectivity index (χ4v) is 8.95. The number of nitrogens with one attached hydrogen (secondary N) is 2. The van der Waals surface area contributed by atoms with E-state index >= 15 is 0 Å². The van der Waals surface area contributed by atoms with Gasteiger partial charge in [0.1, 0.15) is 5.82 Å². The Balaban J connectivity index is 1.16. The molecule has 228 valence electrons. The van der Waals surface area contributed by atoms with Crippen LogP contribution in [0.1, 0.15) is 55.8 Å². The van der Waals surface area contributed by atoms with Gasteiger partial charge in [0.25, 0.3) is 5.56 Å². The topological polar surface area (TPSA) is 160 Å². The van der Waals surface area contributed by atoms with Crippen LogP contribution < -0.4 is 10.3 Å². The molecule has 1 saturated carbocycles. The molecule has 43 heavy (non-hydrogen) atoms. The van der Waals surface area contributed by atoms with Crippen LogP contribution in [0.3, 0.4) is 0 Å². The van der Waals surface area contributed by atoms with E-state index in [0.29, 0.717) is 34.3 Å². The lowest BCUT2D eigenvalue weighted by Crippen LogP contribution is -2.38. The van der Waals surface area contributed by atoms with E-state index in [-0.39, 0.29) is 52.5 Å².